The number of carbonyl (C=O) groups excluding carboxylic acids is 1. The predicted molar refractivity (Wildman–Crippen MR) is 41.1 cm³/mol. The Kier molecular flexibility index (Phi) is 1.77. The maximum Gasteiger partial charge on any atom is 0.253 e. The van der Waals surface area contributed by atoms with Gasteiger partial charge in [0.1, 0.15) is 5.69 Å². The predicted octanol–water partition coefficient (Wildman–Crippen LogP) is 0.544. The summed E-state index contributed by atoms with van der Waals surface area (Å²) in [4.78, 5) is 11.0. The molecule has 1 rings (SSSR count). The molecule has 0 spiro atoms. The van der Waals surface area contributed by atoms with Crippen LogP contribution in [0.5, 0.6) is 0 Å². The van der Waals surface area contributed by atoms with Gasteiger partial charge < -0.3 is 0 Å². The zero-order chi connectivity index (χ0) is 8.43. The zero-order valence-corrected chi connectivity index (χ0v) is 6.46. The number of aromatic nitrogens is 2. The Morgan fingerprint density at radius 3 is 2.82 bits per heavy atom. The molecule has 0 bridgehead atoms. The van der Waals surface area contributed by atoms with Gasteiger partial charge in [-0.1, -0.05) is 0 Å². The summed E-state index contributed by atoms with van der Waals surface area (Å²) in [5.74, 6) is 1.71. The van der Waals surface area contributed by atoms with Crippen molar-refractivity contribution >= 4 is 5.78 Å². The molecule has 0 aliphatic carbocycles. The van der Waals surface area contributed by atoms with Gasteiger partial charge in [-0.25, -0.2) is 0 Å². The van der Waals surface area contributed by atoms with Gasteiger partial charge in [0.15, 0.2) is 0 Å². The van der Waals surface area contributed by atoms with Crippen LogP contribution in [0, 0.1) is 19.3 Å². The molecule has 1 aromatic heterocycles. The van der Waals surface area contributed by atoms with Crippen LogP contribution in [0.25, 0.3) is 0 Å². The highest BCUT2D eigenvalue weighted by Gasteiger charge is 2.07. The van der Waals surface area contributed by atoms with Crippen LogP contribution in [-0.4, -0.2) is 15.6 Å². The summed E-state index contributed by atoms with van der Waals surface area (Å²) in [5.41, 5.74) is 1.26. The molecule has 0 aliphatic heterocycles. The van der Waals surface area contributed by atoms with Crippen LogP contribution in [-0.2, 0) is 7.05 Å². The van der Waals surface area contributed by atoms with Crippen molar-refractivity contribution in [2.75, 3.05) is 0 Å². The third-order valence-electron chi connectivity index (χ3n) is 1.37. The van der Waals surface area contributed by atoms with Gasteiger partial charge >= 0.3 is 0 Å². The summed E-state index contributed by atoms with van der Waals surface area (Å²) in [6.07, 6.45) is 4.94. The minimum absolute atomic E-state index is 0.326. The quantitative estimate of drug-likeness (QED) is 0.331. The van der Waals surface area contributed by atoms with Crippen LogP contribution >= 0.6 is 0 Å². The third kappa shape index (κ3) is 1.30. The fourth-order valence-electron chi connectivity index (χ4n) is 0.897. The highest BCUT2D eigenvalue weighted by molar-refractivity contribution is 6.07. The van der Waals surface area contributed by atoms with Crippen LogP contribution in [0.4, 0.5) is 0 Å². The van der Waals surface area contributed by atoms with Crippen molar-refractivity contribution < 1.29 is 4.79 Å². The normalized spacial score (nSPS) is 9.18. The Bertz CT molecular complexity index is 330. The maximum atomic E-state index is 11.0. The van der Waals surface area contributed by atoms with Gasteiger partial charge in [0.25, 0.3) is 5.78 Å². The Morgan fingerprint density at radius 1 is 1.82 bits per heavy atom. The minimum atomic E-state index is -0.326. The van der Waals surface area contributed by atoms with E-state index in [4.69, 9.17) is 6.42 Å². The second kappa shape index (κ2) is 2.59. The summed E-state index contributed by atoms with van der Waals surface area (Å²) in [6.45, 7) is 1.81. The maximum absolute atomic E-state index is 11.0. The molecule has 0 amide bonds. The fraction of sp³-hybridized carbons (Fsp3) is 0.250. The number of ketones is 1. The van der Waals surface area contributed by atoms with Gasteiger partial charge in [0.05, 0.1) is 5.69 Å². The average molecular weight is 148 g/mol. The first-order valence-electron chi connectivity index (χ1n) is 3.16. The number of hydrogen-bond acceptors (Lipinski definition) is 2. The van der Waals surface area contributed by atoms with E-state index in [1.54, 1.807) is 13.1 Å². The molecular formula is C8H8N2O. The lowest BCUT2D eigenvalue weighted by Gasteiger charge is -1.91. The van der Waals surface area contributed by atoms with E-state index in [2.05, 4.69) is 5.10 Å². The van der Waals surface area contributed by atoms with E-state index in [0.717, 1.165) is 5.69 Å². The van der Waals surface area contributed by atoms with Crippen LogP contribution < -0.4 is 0 Å². The Labute approximate surface area is 65.0 Å². The van der Waals surface area contributed by atoms with Crippen molar-refractivity contribution in [1.82, 2.24) is 9.78 Å². The van der Waals surface area contributed by atoms with E-state index in [1.165, 1.54) is 4.68 Å². The first-order chi connectivity index (χ1) is 5.15. The van der Waals surface area contributed by atoms with Crippen molar-refractivity contribution in [3.05, 3.63) is 17.5 Å². The summed E-state index contributed by atoms with van der Waals surface area (Å²) in [7, 11) is 1.69. The zero-order valence-electron chi connectivity index (χ0n) is 6.46. The van der Waals surface area contributed by atoms with Crippen LogP contribution in [0.15, 0.2) is 6.07 Å². The SMILES string of the molecule is C#CC(=O)c1cc(C)nn1C. The fourth-order valence-corrected chi connectivity index (χ4v) is 0.897. The van der Waals surface area contributed by atoms with Gasteiger partial charge in [0, 0.05) is 7.05 Å². The number of rotatable bonds is 1. The minimum Gasteiger partial charge on any atom is -0.277 e. The molecular weight excluding hydrogens is 140 g/mol. The van der Waals surface area contributed by atoms with Gasteiger partial charge in [-0.05, 0) is 18.9 Å². The molecule has 0 aromatic carbocycles. The smallest absolute Gasteiger partial charge is 0.253 e. The number of terminal acetylenes is 1. The van der Waals surface area contributed by atoms with E-state index < -0.39 is 0 Å². The molecule has 0 aliphatic rings. The average Bonchev–Trinajstić information content (AvgIpc) is 2.28. The Morgan fingerprint density at radius 2 is 2.45 bits per heavy atom. The van der Waals surface area contributed by atoms with Crippen molar-refractivity contribution in [1.29, 1.82) is 0 Å². The molecule has 1 heterocycles. The highest BCUT2D eigenvalue weighted by Crippen LogP contribution is 2.01. The first kappa shape index (κ1) is 7.55. The molecule has 3 heteroatoms. The van der Waals surface area contributed by atoms with E-state index in [1.807, 2.05) is 12.8 Å². The van der Waals surface area contributed by atoms with Gasteiger partial charge in [0.2, 0.25) is 0 Å². The van der Waals surface area contributed by atoms with E-state index >= 15 is 0 Å². The van der Waals surface area contributed by atoms with Gasteiger partial charge in [-0.15, -0.1) is 6.42 Å². The summed E-state index contributed by atoms with van der Waals surface area (Å²) >= 11 is 0. The third-order valence-corrected chi connectivity index (χ3v) is 1.37. The molecule has 0 radical (unpaired) electrons. The van der Waals surface area contributed by atoms with Crippen molar-refractivity contribution in [2.45, 2.75) is 6.92 Å². The highest BCUT2D eigenvalue weighted by atomic mass is 16.1. The standard InChI is InChI=1S/C8H8N2O/c1-4-8(11)7-5-6(2)9-10(7)3/h1,5H,2-3H3. The van der Waals surface area contributed by atoms with Crippen molar-refractivity contribution in [3.8, 4) is 12.3 Å². The molecule has 0 N–H and O–H groups in total. The number of Topliss-reactive ketones (excluding diaryl/α,β-unsaturated/α-hetero) is 1. The second-order valence-electron chi connectivity index (χ2n) is 2.27. The van der Waals surface area contributed by atoms with Crippen molar-refractivity contribution in [3.63, 3.8) is 0 Å². The molecule has 0 fully saturated rings. The number of hydrogen-bond donors (Lipinski definition) is 0. The molecule has 3 nitrogen and oxygen atoms in total. The van der Waals surface area contributed by atoms with E-state index in [-0.39, 0.29) is 5.78 Å². The van der Waals surface area contributed by atoms with E-state index in [9.17, 15) is 4.79 Å². The van der Waals surface area contributed by atoms with Gasteiger partial charge in [-0.2, -0.15) is 5.10 Å². The molecule has 11 heavy (non-hydrogen) atoms. The molecule has 0 atom stereocenters. The summed E-state index contributed by atoms with van der Waals surface area (Å²) < 4.78 is 1.48. The molecule has 0 saturated heterocycles. The second-order valence-corrected chi connectivity index (χ2v) is 2.27. The number of nitrogens with zero attached hydrogens (tertiary/aromatic N) is 2. The molecule has 1 aromatic rings. The topological polar surface area (TPSA) is 34.9 Å². The Balaban J connectivity index is 3.15. The largest absolute Gasteiger partial charge is 0.277 e. The lowest BCUT2D eigenvalue weighted by Crippen LogP contribution is -2.03. The van der Waals surface area contributed by atoms with E-state index in [0.29, 0.717) is 5.69 Å². The van der Waals surface area contributed by atoms with Crippen LogP contribution in [0.1, 0.15) is 16.2 Å². The summed E-state index contributed by atoms with van der Waals surface area (Å²) in [6, 6.07) is 1.67. The number of carbonyl (C=O) groups is 1. The Hall–Kier alpha value is -1.56. The monoisotopic (exact) mass is 148 g/mol. The summed E-state index contributed by atoms with van der Waals surface area (Å²) in [5, 5.41) is 3.98. The molecule has 0 saturated carbocycles. The van der Waals surface area contributed by atoms with Gasteiger partial charge in [-0.3, -0.25) is 9.48 Å². The van der Waals surface area contributed by atoms with Crippen molar-refractivity contribution in [2.24, 2.45) is 7.05 Å². The lowest BCUT2D eigenvalue weighted by molar-refractivity contribution is 0.104. The van der Waals surface area contributed by atoms with Crippen LogP contribution in [0.3, 0.4) is 0 Å². The van der Waals surface area contributed by atoms with Crippen LogP contribution in [0.2, 0.25) is 0 Å². The molecule has 0 unspecified atom stereocenters. The number of aryl methyl sites for hydroxylation is 2. The lowest BCUT2D eigenvalue weighted by atomic mass is 10.3. The first-order valence-corrected chi connectivity index (χ1v) is 3.16. The molecule has 56 valence electrons.